The van der Waals surface area contributed by atoms with Crippen LogP contribution in [0.1, 0.15) is 42.8 Å². The molecule has 1 aliphatic heterocycles. The van der Waals surface area contributed by atoms with Crippen LogP contribution in [0, 0.1) is 5.92 Å². The maximum Gasteiger partial charge on any atom is 0.263 e. The first-order valence-corrected chi connectivity index (χ1v) is 9.18. The van der Waals surface area contributed by atoms with Crippen molar-refractivity contribution < 1.29 is 14.3 Å². The van der Waals surface area contributed by atoms with Crippen molar-refractivity contribution in [1.82, 2.24) is 10.2 Å². The van der Waals surface area contributed by atoms with Gasteiger partial charge in [0.2, 0.25) is 5.91 Å². The third-order valence-electron chi connectivity index (χ3n) is 3.96. The van der Waals surface area contributed by atoms with E-state index in [0.717, 1.165) is 24.1 Å². The minimum atomic E-state index is 0.0217. The van der Waals surface area contributed by atoms with Crippen LogP contribution in [0.25, 0.3) is 0 Å². The van der Waals surface area contributed by atoms with Crippen molar-refractivity contribution in [1.29, 1.82) is 0 Å². The quantitative estimate of drug-likeness (QED) is 0.777. The molecule has 0 radical (unpaired) electrons. The fourth-order valence-electron chi connectivity index (χ4n) is 2.65. The summed E-state index contributed by atoms with van der Waals surface area (Å²) in [6.07, 6.45) is 2.55. The highest BCUT2D eigenvalue weighted by molar-refractivity contribution is 7.12. The lowest BCUT2D eigenvalue weighted by molar-refractivity contribution is -0.126. The number of nitrogens with zero attached hydrogens (tertiary/aromatic N) is 1. The van der Waals surface area contributed by atoms with E-state index in [4.69, 9.17) is 4.74 Å². The average molecular weight is 338 g/mol. The van der Waals surface area contributed by atoms with Gasteiger partial charge in [-0.2, -0.15) is 0 Å². The molecule has 1 N–H and O–H groups in total. The SMILES string of the molecule is CC(C)OCCCNC(=O)C1CCN(C(=O)c2cccs2)CC1. The van der Waals surface area contributed by atoms with Gasteiger partial charge in [-0.15, -0.1) is 11.3 Å². The van der Waals surface area contributed by atoms with Crippen LogP contribution in [-0.4, -0.2) is 49.1 Å². The van der Waals surface area contributed by atoms with Crippen LogP contribution >= 0.6 is 11.3 Å². The van der Waals surface area contributed by atoms with E-state index in [2.05, 4.69) is 5.32 Å². The van der Waals surface area contributed by atoms with Crippen molar-refractivity contribution in [3.8, 4) is 0 Å². The van der Waals surface area contributed by atoms with Crippen molar-refractivity contribution in [3.63, 3.8) is 0 Å². The number of hydrogen-bond donors (Lipinski definition) is 1. The van der Waals surface area contributed by atoms with E-state index in [-0.39, 0.29) is 23.8 Å². The predicted octanol–water partition coefficient (Wildman–Crippen LogP) is 2.53. The van der Waals surface area contributed by atoms with Crippen molar-refractivity contribution in [2.45, 2.75) is 39.2 Å². The molecule has 5 nitrogen and oxygen atoms in total. The Balaban J connectivity index is 1.65. The van der Waals surface area contributed by atoms with E-state index >= 15 is 0 Å². The fraction of sp³-hybridized carbons (Fsp3) is 0.647. The largest absolute Gasteiger partial charge is 0.379 e. The number of ether oxygens (including phenoxy) is 1. The van der Waals surface area contributed by atoms with E-state index in [1.54, 1.807) is 0 Å². The fourth-order valence-corrected chi connectivity index (χ4v) is 3.34. The number of rotatable bonds is 7. The number of carbonyl (C=O) groups excluding carboxylic acids is 2. The zero-order chi connectivity index (χ0) is 16.7. The normalized spacial score (nSPS) is 15.9. The van der Waals surface area contributed by atoms with Crippen LogP contribution in [0.5, 0.6) is 0 Å². The van der Waals surface area contributed by atoms with Gasteiger partial charge in [0.05, 0.1) is 11.0 Å². The molecule has 1 aliphatic rings. The average Bonchev–Trinajstić information content (AvgIpc) is 3.08. The molecular formula is C17H26N2O3S. The minimum absolute atomic E-state index is 0.0217. The molecule has 23 heavy (non-hydrogen) atoms. The standard InChI is InChI=1S/C17H26N2O3S/c1-13(2)22-11-4-8-18-16(20)14-6-9-19(10-7-14)17(21)15-5-3-12-23-15/h3,5,12-14H,4,6-11H2,1-2H3,(H,18,20). The number of likely N-dealkylation sites (tertiary alicyclic amines) is 1. The second-order valence-electron chi connectivity index (χ2n) is 6.11. The van der Waals surface area contributed by atoms with Gasteiger partial charge in [0.15, 0.2) is 0 Å². The van der Waals surface area contributed by atoms with Gasteiger partial charge < -0.3 is 15.0 Å². The number of amides is 2. The summed E-state index contributed by atoms with van der Waals surface area (Å²) >= 11 is 1.47. The van der Waals surface area contributed by atoms with Gasteiger partial charge in [-0.3, -0.25) is 9.59 Å². The molecule has 1 aromatic heterocycles. The topological polar surface area (TPSA) is 58.6 Å². The molecule has 0 bridgehead atoms. The molecule has 6 heteroatoms. The first-order chi connectivity index (χ1) is 11.1. The second-order valence-corrected chi connectivity index (χ2v) is 7.06. The third kappa shape index (κ3) is 5.62. The summed E-state index contributed by atoms with van der Waals surface area (Å²) in [5.74, 6) is 0.218. The monoisotopic (exact) mass is 338 g/mol. The Hall–Kier alpha value is -1.40. The van der Waals surface area contributed by atoms with Crippen LogP contribution in [0.3, 0.4) is 0 Å². The van der Waals surface area contributed by atoms with Crippen LogP contribution in [0.15, 0.2) is 17.5 Å². The first kappa shape index (κ1) is 17.9. The molecule has 0 aromatic carbocycles. The second kappa shape index (κ2) is 9.03. The van der Waals surface area contributed by atoms with Gasteiger partial charge >= 0.3 is 0 Å². The van der Waals surface area contributed by atoms with E-state index in [1.165, 1.54) is 11.3 Å². The van der Waals surface area contributed by atoms with Gasteiger partial charge in [0, 0.05) is 32.2 Å². The van der Waals surface area contributed by atoms with Gasteiger partial charge in [0.25, 0.3) is 5.91 Å². The summed E-state index contributed by atoms with van der Waals surface area (Å²) in [6, 6.07) is 3.74. The maximum absolute atomic E-state index is 12.3. The van der Waals surface area contributed by atoms with Gasteiger partial charge in [-0.05, 0) is 44.6 Å². The molecule has 0 spiro atoms. The third-order valence-corrected chi connectivity index (χ3v) is 4.81. The van der Waals surface area contributed by atoms with Crippen LogP contribution < -0.4 is 5.32 Å². The lowest BCUT2D eigenvalue weighted by Gasteiger charge is -2.31. The zero-order valence-corrected chi connectivity index (χ0v) is 14.7. The summed E-state index contributed by atoms with van der Waals surface area (Å²) in [5.41, 5.74) is 0. The molecule has 128 valence electrons. The van der Waals surface area contributed by atoms with E-state index in [9.17, 15) is 9.59 Å². The Bertz CT molecular complexity index is 494. The molecule has 1 aromatic rings. The molecule has 1 saturated heterocycles. The summed E-state index contributed by atoms with van der Waals surface area (Å²) in [6.45, 7) is 6.65. The Labute approximate surface area is 142 Å². The Morgan fingerprint density at radius 1 is 1.39 bits per heavy atom. The molecule has 0 aliphatic carbocycles. The van der Waals surface area contributed by atoms with E-state index in [0.29, 0.717) is 26.2 Å². The van der Waals surface area contributed by atoms with E-state index < -0.39 is 0 Å². The molecule has 0 unspecified atom stereocenters. The lowest BCUT2D eigenvalue weighted by atomic mass is 9.95. The Morgan fingerprint density at radius 2 is 2.13 bits per heavy atom. The lowest BCUT2D eigenvalue weighted by Crippen LogP contribution is -2.43. The summed E-state index contributed by atoms with van der Waals surface area (Å²) in [5, 5.41) is 4.89. The van der Waals surface area contributed by atoms with Gasteiger partial charge in [-0.25, -0.2) is 0 Å². The molecule has 0 atom stereocenters. The van der Waals surface area contributed by atoms with Crippen molar-refractivity contribution in [2.75, 3.05) is 26.2 Å². The number of nitrogens with one attached hydrogen (secondary N) is 1. The van der Waals surface area contributed by atoms with E-state index in [1.807, 2.05) is 36.3 Å². The maximum atomic E-state index is 12.3. The number of piperidine rings is 1. The zero-order valence-electron chi connectivity index (χ0n) is 13.9. The van der Waals surface area contributed by atoms with Gasteiger partial charge in [0.1, 0.15) is 0 Å². The summed E-state index contributed by atoms with van der Waals surface area (Å²) < 4.78 is 5.45. The predicted molar refractivity (Wildman–Crippen MR) is 91.7 cm³/mol. The summed E-state index contributed by atoms with van der Waals surface area (Å²) in [7, 11) is 0. The Kier molecular flexibility index (Phi) is 7.05. The van der Waals surface area contributed by atoms with Crippen LogP contribution in [-0.2, 0) is 9.53 Å². The smallest absolute Gasteiger partial charge is 0.263 e. The van der Waals surface area contributed by atoms with Crippen molar-refractivity contribution in [3.05, 3.63) is 22.4 Å². The van der Waals surface area contributed by atoms with Crippen molar-refractivity contribution in [2.24, 2.45) is 5.92 Å². The molecule has 2 rings (SSSR count). The molecule has 0 saturated carbocycles. The highest BCUT2D eigenvalue weighted by Gasteiger charge is 2.27. The highest BCUT2D eigenvalue weighted by atomic mass is 32.1. The van der Waals surface area contributed by atoms with Crippen LogP contribution in [0.4, 0.5) is 0 Å². The van der Waals surface area contributed by atoms with Crippen molar-refractivity contribution >= 4 is 23.2 Å². The number of hydrogen-bond acceptors (Lipinski definition) is 4. The first-order valence-electron chi connectivity index (χ1n) is 8.30. The van der Waals surface area contributed by atoms with Gasteiger partial charge in [-0.1, -0.05) is 6.07 Å². The summed E-state index contributed by atoms with van der Waals surface area (Å²) in [4.78, 5) is 27.0. The minimum Gasteiger partial charge on any atom is -0.379 e. The van der Waals surface area contributed by atoms with Crippen LogP contribution in [0.2, 0.25) is 0 Å². The number of carbonyl (C=O) groups is 2. The molecule has 2 heterocycles. The molecule has 2 amide bonds. The highest BCUT2D eigenvalue weighted by Crippen LogP contribution is 2.20. The number of thiophene rings is 1. The Morgan fingerprint density at radius 3 is 2.74 bits per heavy atom. The molecular weight excluding hydrogens is 312 g/mol. The molecule has 1 fully saturated rings.